The first-order valence-electron chi connectivity index (χ1n) is 5.87. The zero-order valence-corrected chi connectivity index (χ0v) is 10.5. The summed E-state index contributed by atoms with van der Waals surface area (Å²) in [6, 6.07) is 1.41. The van der Waals surface area contributed by atoms with Gasteiger partial charge in [-0.1, -0.05) is 0 Å². The molecule has 0 aliphatic heterocycles. The highest BCUT2D eigenvalue weighted by molar-refractivity contribution is 5.94. The zero-order valence-electron chi connectivity index (χ0n) is 10.5. The van der Waals surface area contributed by atoms with Gasteiger partial charge in [0.15, 0.2) is 0 Å². The van der Waals surface area contributed by atoms with Crippen LogP contribution in [-0.4, -0.2) is 41.4 Å². The normalized spacial score (nSPS) is 10.3. The smallest absolute Gasteiger partial charge is 0.339 e. The van der Waals surface area contributed by atoms with Gasteiger partial charge in [0.1, 0.15) is 11.4 Å². The lowest BCUT2D eigenvalue weighted by atomic mass is 10.2. The number of aliphatic hydroxyl groups excluding tert-OH is 1. The molecule has 100 valence electrons. The molecule has 1 heterocycles. The van der Waals surface area contributed by atoms with Crippen molar-refractivity contribution in [1.29, 1.82) is 0 Å². The van der Waals surface area contributed by atoms with Crippen molar-refractivity contribution in [2.24, 2.45) is 0 Å². The van der Waals surface area contributed by atoms with E-state index in [2.05, 4.69) is 4.98 Å². The Morgan fingerprint density at radius 2 is 2.17 bits per heavy atom. The molecule has 6 nitrogen and oxygen atoms in total. The number of nitrogen functional groups attached to an aromatic ring is 1. The number of anilines is 2. The Morgan fingerprint density at radius 1 is 1.44 bits per heavy atom. The number of carboxylic acid groups (broad SMARTS) is 1. The summed E-state index contributed by atoms with van der Waals surface area (Å²) in [5.41, 5.74) is 5.98. The molecule has 0 fully saturated rings. The molecule has 0 aliphatic carbocycles. The van der Waals surface area contributed by atoms with Gasteiger partial charge in [-0.25, -0.2) is 9.78 Å². The average molecular weight is 253 g/mol. The molecule has 0 atom stereocenters. The molecule has 4 N–H and O–H groups in total. The summed E-state index contributed by atoms with van der Waals surface area (Å²) in [6.07, 6.45) is 3.99. The number of aromatic carboxylic acids is 1. The van der Waals surface area contributed by atoms with Gasteiger partial charge in [-0.3, -0.25) is 0 Å². The van der Waals surface area contributed by atoms with Crippen LogP contribution in [0.3, 0.4) is 0 Å². The second kappa shape index (κ2) is 6.80. The van der Waals surface area contributed by atoms with E-state index >= 15 is 0 Å². The largest absolute Gasteiger partial charge is 0.478 e. The maximum Gasteiger partial charge on any atom is 0.339 e. The number of aromatic nitrogens is 1. The third-order valence-corrected chi connectivity index (χ3v) is 2.63. The van der Waals surface area contributed by atoms with Gasteiger partial charge < -0.3 is 20.8 Å². The van der Waals surface area contributed by atoms with Crippen LogP contribution in [0, 0.1) is 0 Å². The fraction of sp³-hybridized carbons (Fsp3) is 0.500. The minimum absolute atomic E-state index is 0.111. The van der Waals surface area contributed by atoms with E-state index in [4.69, 9.17) is 15.9 Å². The van der Waals surface area contributed by atoms with E-state index in [9.17, 15) is 4.79 Å². The standard InChI is InChI=1S/C12H19N3O3/c1-15(5-3-2-4-6-16)11-10(12(17)18)7-9(13)8-14-11/h7-8,16H,2-6,13H2,1H3,(H,17,18). The number of nitrogens with two attached hydrogens (primary N) is 1. The minimum Gasteiger partial charge on any atom is -0.478 e. The quantitative estimate of drug-likeness (QED) is 0.626. The molecule has 0 unspecified atom stereocenters. The van der Waals surface area contributed by atoms with E-state index in [0.717, 1.165) is 19.3 Å². The topological polar surface area (TPSA) is 99.7 Å². The summed E-state index contributed by atoms with van der Waals surface area (Å²) in [7, 11) is 1.80. The van der Waals surface area contributed by atoms with Gasteiger partial charge in [0, 0.05) is 20.2 Å². The maximum absolute atomic E-state index is 11.1. The van der Waals surface area contributed by atoms with Crippen molar-refractivity contribution in [2.75, 3.05) is 30.8 Å². The number of hydrogen-bond donors (Lipinski definition) is 3. The molecule has 0 saturated carbocycles. The van der Waals surface area contributed by atoms with Crippen LogP contribution in [0.4, 0.5) is 11.5 Å². The highest BCUT2D eigenvalue weighted by Crippen LogP contribution is 2.19. The van der Waals surface area contributed by atoms with Crippen LogP contribution in [-0.2, 0) is 0 Å². The second-order valence-corrected chi connectivity index (χ2v) is 4.15. The van der Waals surface area contributed by atoms with Crippen molar-refractivity contribution in [3.8, 4) is 0 Å². The highest BCUT2D eigenvalue weighted by atomic mass is 16.4. The lowest BCUT2D eigenvalue weighted by Gasteiger charge is -2.20. The summed E-state index contributed by atoms with van der Waals surface area (Å²) < 4.78 is 0. The predicted octanol–water partition coefficient (Wildman–Crippen LogP) is 0.961. The number of nitrogens with zero attached hydrogens (tertiary/aromatic N) is 2. The Balaban J connectivity index is 2.72. The van der Waals surface area contributed by atoms with Crippen LogP contribution in [0.1, 0.15) is 29.6 Å². The molecule has 0 spiro atoms. The maximum atomic E-state index is 11.1. The molecule has 1 aromatic rings. The van der Waals surface area contributed by atoms with Gasteiger partial charge in [0.25, 0.3) is 0 Å². The lowest BCUT2D eigenvalue weighted by molar-refractivity contribution is 0.0697. The molecule has 0 amide bonds. The molecule has 0 aromatic carbocycles. The Kier molecular flexibility index (Phi) is 5.38. The summed E-state index contributed by atoms with van der Waals surface area (Å²) in [5.74, 6) is -0.618. The van der Waals surface area contributed by atoms with Crippen molar-refractivity contribution in [1.82, 2.24) is 4.98 Å². The Hall–Kier alpha value is -1.82. The molecule has 0 radical (unpaired) electrons. The van der Waals surface area contributed by atoms with Crippen molar-refractivity contribution >= 4 is 17.5 Å². The molecule has 18 heavy (non-hydrogen) atoms. The SMILES string of the molecule is CN(CCCCCO)c1ncc(N)cc1C(=O)O. The lowest BCUT2D eigenvalue weighted by Crippen LogP contribution is -2.22. The highest BCUT2D eigenvalue weighted by Gasteiger charge is 2.15. The van der Waals surface area contributed by atoms with Crippen LogP contribution in [0.5, 0.6) is 0 Å². The number of aliphatic hydroxyl groups is 1. The van der Waals surface area contributed by atoms with Crippen LogP contribution < -0.4 is 10.6 Å². The third kappa shape index (κ3) is 3.89. The number of unbranched alkanes of at least 4 members (excludes halogenated alkanes) is 2. The molecule has 0 saturated heterocycles. The van der Waals surface area contributed by atoms with Crippen molar-refractivity contribution in [3.63, 3.8) is 0 Å². The number of carboxylic acids is 1. The summed E-state index contributed by atoms with van der Waals surface area (Å²) in [5, 5.41) is 17.8. The first kappa shape index (κ1) is 14.2. The first-order chi connectivity index (χ1) is 8.56. The molecular weight excluding hydrogens is 234 g/mol. The average Bonchev–Trinajstić information content (AvgIpc) is 2.34. The second-order valence-electron chi connectivity index (χ2n) is 4.15. The summed E-state index contributed by atoms with van der Waals surface area (Å²) >= 11 is 0. The Labute approximate surface area is 106 Å². The first-order valence-corrected chi connectivity index (χ1v) is 5.87. The molecule has 0 aliphatic rings. The number of hydrogen-bond acceptors (Lipinski definition) is 5. The van der Waals surface area contributed by atoms with E-state index in [1.54, 1.807) is 11.9 Å². The number of rotatable bonds is 7. The van der Waals surface area contributed by atoms with E-state index in [0.29, 0.717) is 18.1 Å². The van der Waals surface area contributed by atoms with Crippen molar-refractivity contribution in [3.05, 3.63) is 17.8 Å². The van der Waals surface area contributed by atoms with Gasteiger partial charge in [-0.2, -0.15) is 0 Å². The van der Waals surface area contributed by atoms with Gasteiger partial charge in [-0.05, 0) is 25.3 Å². The van der Waals surface area contributed by atoms with E-state index in [1.807, 2.05) is 0 Å². The van der Waals surface area contributed by atoms with Crippen LogP contribution >= 0.6 is 0 Å². The third-order valence-electron chi connectivity index (χ3n) is 2.63. The van der Waals surface area contributed by atoms with Crippen LogP contribution in [0.15, 0.2) is 12.3 Å². The zero-order chi connectivity index (χ0) is 13.5. The molecule has 1 rings (SSSR count). The fourth-order valence-corrected chi connectivity index (χ4v) is 1.68. The summed E-state index contributed by atoms with van der Waals surface area (Å²) in [6.45, 7) is 0.876. The minimum atomic E-state index is -1.04. The summed E-state index contributed by atoms with van der Waals surface area (Å²) in [4.78, 5) is 17.0. The predicted molar refractivity (Wildman–Crippen MR) is 69.8 cm³/mol. The van der Waals surface area contributed by atoms with Gasteiger partial charge in [0.05, 0.1) is 11.9 Å². The van der Waals surface area contributed by atoms with Gasteiger partial charge in [0.2, 0.25) is 0 Å². The molecule has 0 bridgehead atoms. The van der Waals surface area contributed by atoms with E-state index < -0.39 is 5.97 Å². The van der Waals surface area contributed by atoms with E-state index in [1.165, 1.54) is 12.3 Å². The Bertz CT molecular complexity index is 410. The Morgan fingerprint density at radius 3 is 2.78 bits per heavy atom. The number of pyridine rings is 1. The monoisotopic (exact) mass is 253 g/mol. The van der Waals surface area contributed by atoms with Crippen molar-refractivity contribution in [2.45, 2.75) is 19.3 Å². The van der Waals surface area contributed by atoms with Crippen LogP contribution in [0.25, 0.3) is 0 Å². The van der Waals surface area contributed by atoms with Gasteiger partial charge >= 0.3 is 5.97 Å². The van der Waals surface area contributed by atoms with Crippen molar-refractivity contribution < 1.29 is 15.0 Å². The molecular formula is C12H19N3O3. The molecule has 1 aromatic heterocycles. The number of carbonyl (C=O) groups is 1. The van der Waals surface area contributed by atoms with Crippen LogP contribution in [0.2, 0.25) is 0 Å². The van der Waals surface area contributed by atoms with Gasteiger partial charge in [-0.15, -0.1) is 0 Å². The fourth-order valence-electron chi connectivity index (χ4n) is 1.68. The molecule has 6 heteroatoms. The van der Waals surface area contributed by atoms with E-state index in [-0.39, 0.29) is 12.2 Å².